The van der Waals surface area contributed by atoms with Crippen LogP contribution in [0.4, 0.5) is 0 Å². The van der Waals surface area contributed by atoms with Gasteiger partial charge in [0.25, 0.3) is 0 Å². The average molecular weight is 158 g/mol. The minimum absolute atomic E-state index is 0.113. The normalized spacial score (nSPS) is 13.9. The summed E-state index contributed by atoms with van der Waals surface area (Å²) < 4.78 is 0. The molecule has 0 amide bonds. The van der Waals surface area contributed by atoms with E-state index in [1.807, 2.05) is 6.92 Å². The molecule has 0 saturated carbocycles. The highest BCUT2D eigenvalue weighted by Crippen LogP contribution is 2.18. The molecule has 0 spiro atoms. The summed E-state index contributed by atoms with van der Waals surface area (Å²) >= 11 is 0. The number of rotatable bonds is 6. The number of aliphatic hydroxyl groups is 1. The molecular weight excluding hydrogens is 136 g/mol. The molecule has 0 aliphatic carbocycles. The van der Waals surface area contributed by atoms with Gasteiger partial charge in [-0.1, -0.05) is 39.5 Å². The van der Waals surface area contributed by atoms with Gasteiger partial charge in [0.05, 0.1) is 6.10 Å². The topological polar surface area (TPSA) is 20.2 Å². The van der Waals surface area contributed by atoms with Crippen LogP contribution in [0.3, 0.4) is 0 Å². The fourth-order valence-corrected chi connectivity index (χ4v) is 1.68. The van der Waals surface area contributed by atoms with Crippen LogP contribution in [0.1, 0.15) is 52.9 Å². The van der Waals surface area contributed by atoms with E-state index in [0.717, 1.165) is 12.3 Å². The molecule has 0 aliphatic heterocycles. The van der Waals surface area contributed by atoms with E-state index in [-0.39, 0.29) is 6.10 Å². The SMILES string of the molecule is CCCC(CCC)C[C@@H](C)O. The third-order valence-electron chi connectivity index (χ3n) is 2.07. The van der Waals surface area contributed by atoms with Crippen LogP contribution in [0, 0.1) is 5.92 Å². The van der Waals surface area contributed by atoms with E-state index in [9.17, 15) is 5.11 Å². The average Bonchev–Trinajstić information content (AvgIpc) is 1.87. The van der Waals surface area contributed by atoms with E-state index < -0.39 is 0 Å². The van der Waals surface area contributed by atoms with Crippen LogP contribution in [0.5, 0.6) is 0 Å². The molecule has 0 rings (SSSR count). The summed E-state index contributed by atoms with van der Waals surface area (Å²) in [6.45, 7) is 6.31. The second-order valence-corrected chi connectivity index (χ2v) is 3.53. The van der Waals surface area contributed by atoms with Crippen molar-refractivity contribution >= 4 is 0 Å². The zero-order valence-corrected chi connectivity index (χ0v) is 8.14. The van der Waals surface area contributed by atoms with Gasteiger partial charge in [-0.15, -0.1) is 0 Å². The maximum Gasteiger partial charge on any atom is 0.0514 e. The lowest BCUT2D eigenvalue weighted by Gasteiger charge is -2.16. The number of hydrogen-bond acceptors (Lipinski definition) is 1. The minimum Gasteiger partial charge on any atom is -0.393 e. The molecule has 0 aromatic rings. The Morgan fingerprint density at radius 2 is 1.55 bits per heavy atom. The summed E-state index contributed by atoms with van der Waals surface area (Å²) in [5.74, 6) is 0.755. The van der Waals surface area contributed by atoms with Gasteiger partial charge in [-0.05, 0) is 19.3 Å². The van der Waals surface area contributed by atoms with E-state index in [1.165, 1.54) is 25.7 Å². The van der Waals surface area contributed by atoms with Crippen LogP contribution in [0.15, 0.2) is 0 Å². The molecule has 1 nitrogen and oxygen atoms in total. The maximum absolute atomic E-state index is 9.18. The third-order valence-corrected chi connectivity index (χ3v) is 2.07. The summed E-state index contributed by atoms with van der Waals surface area (Å²) in [5, 5.41) is 9.18. The molecule has 11 heavy (non-hydrogen) atoms. The first-order valence-electron chi connectivity index (χ1n) is 4.88. The summed E-state index contributed by atoms with van der Waals surface area (Å²) in [7, 11) is 0. The highest BCUT2D eigenvalue weighted by Gasteiger charge is 2.08. The Kier molecular flexibility index (Phi) is 6.63. The predicted octanol–water partition coefficient (Wildman–Crippen LogP) is 2.97. The fourth-order valence-electron chi connectivity index (χ4n) is 1.68. The first-order chi connectivity index (χ1) is 5.20. The molecule has 1 atom stereocenters. The summed E-state index contributed by atoms with van der Waals surface area (Å²) in [6.07, 6.45) is 5.92. The summed E-state index contributed by atoms with van der Waals surface area (Å²) in [6, 6.07) is 0. The molecule has 0 bridgehead atoms. The van der Waals surface area contributed by atoms with Crippen molar-refractivity contribution in [3.63, 3.8) is 0 Å². The van der Waals surface area contributed by atoms with Crippen molar-refractivity contribution in [1.29, 1.82) is 0 Å². The first kappa shape index (κ1) is 11.0. The Morgan fingerprint density at radius 1 is 1.09 bits per heavy atom. The van der Waals surface area contributed by atoms with Crippen LogP contribution >= 0.6 is 0 Å². The van der Waals surface area contributed by atoms with Crippen molar-refractivity contribution < 1.29 is 5.11 Å². The maximum atomic E-state index is 9.18. The number of aliphatic hydroxyl groups excluding tert-OH is 1. The molecule has 0 fully saturated rings. The molecule has 0 aromatic heterocycles. The second-order valence-electron chi connectivity index (χ2n) is 3.53. The zero-order valence-electron chi connectivity index (χ0n) is 8.14. The molecule has 0 radical (unpaired) electrons. The van der Waals surface area contributed by atoms with E-state index in [0.29, 0.717) is 0 Å². The predicted molar refractivity (Wildman–Crippen MR) is 49.6 cm³/mol. The molecule has 68 valence electrons. The highest BCUT2D eigenvalue weighted by molar-refractivity contribution is 4.61. The molecular formula is C10H22O. The largest absolute Gasteiger partial charge is 0.393 e. The van der Waals surface area contributed by atoms with E-state index in [2.05, 4.69) is 13.8 Å². The van der Waals surface area contributed by atoms with Crippen molar-refractivity contribution in [3.05, 3.63) is 0 Å². The molecule has 1 N–H and O–H groups in total. The smallest absolute Gasteiger partial charge is 0.0514 e. The van der Waals surface area contributed by atoms with Gasteiger partial charge in [-0.25, -0.2) is 0 Å². The van der Waals surface area contributed by atoms with Crippen LogP contribution in [0.2, 0.25) is 0 Å². The van der Waals surface area contributed by atoms with Crippen molar-refractivity contribution in [2.45, 2.75) is 59.0 Å². The van der Waals surface area contributed by atoms with E-state index >= 15 is 0 Å². The lowest BCUT2D eigenvalue weighted by Crippen LogP contribution is -2.09. The van der Waals surface area contributed by atoms with Gasteiger partial charge in [0.2, 0.25) is 0 Å². The molecule has 0 saturated heterocycles. The molecule has 0 aliphatic rings. The Hall–Kier alpha value is -0.0400. The zero-order chi connectivity index (χ0) is 8.69. The van der Waals surface area contributed by atoms with Crippen molar-refractivity contribution in [2.24, 2.45) is 5.92 Å². The molecule has 0 aromatic carbocycles. The van der Waals surface area contributed by atoms with Gasteiger partial charge >= 0.3 is 0 Å². The number of hydrogen-bond donors (Lipinski definition) is 1. The van der Waals surface area contributed by atoms with Gasteiger partial charge < -0.3 is 5.11 Å². The van der Waals surface area contributed by atoms with Crippen LogP contribution in [0.25, 0.3) is 0 Å². The molecule has 1 heteroatoms. The Bertz CT molecular complexity index is 72.9. The standard InChI is InChI=1S/C10H22O/c1-4-6-10(7-5-2)8-9(3)11/h9-11H,4-8H2,1-3H3/t9-/m1/s1. The Balaban J connectivity index is 3.50. The lowest BCUT2D eigenvalue weighted by molar-refractivity contribution is 0.154. The van der Waals surface area contributed by atoms with Gasteiger partial charge in [0.1, 0.15) is 0 Å². The van der Waals surface area contributed by atoms with Gasteiger partial charge in [0.15, 0.2) is 0 Å². The van der Waals surface area contributed by atoms with Crippen LogP contribution in [-0.4, -0.2) is 11.2 Å². The summed E-state index contributed by atoms with van der Waals surface area (Å²) in [5.41, 5.74) is 0. The monoisotopic (exact) mass is 158 g/mol. The minimum atomic E-state index is -0.113. The highest BCUT2D eigenvalue weighted by atomic mass is 16.3. The van der Waals surface area contributed by atoms with Crippen molar-refractivity contribution in [3.8, 4) is 0 Å². The van der Waals surface area contributed by atoms with Crippen molar-refractivity contribution in [1.82, 2.24) is 0 Å². The van der Waals surface area contributed by atoms with Crippen LogP contribution in [-0.2, 0) is 0 Å². The molecule has 0 heterocycles. The van der Waals surface area contributed by atoms with E-state index in [4.69, 9.17) is 0 Å². The fraction of sp³-hybridized carbons (Fsp3) is 1.00. The van der Waals surface area contributed by atoms with Crippen LogP contribution < -0.4 is 0 Å². The lowest BCUT2D eigenvalue weighted by atomic mass is 9.93. The second kappa shape index (κ2) is 6.66. The third kappa shape index (κ3) is 6.36. The van der Waals surface area contributed by atoms with Gasteiger partial charge in [-0.2, -0.15) is 0 Å². The summed E-state index contributed by atoms with van der Waals surface area (Å²) in [4.78, 5) is 0. The van der Waals surface area contributed by atoms with Gasteiger partial charge in [-0.3, -0.25) is 0 Å². The van der Waals surface area contributed by atoms with Crippen molar-refractivity contribution in [2.75, 3.05) is 0 Å². The van der Waals surface area contributed by atoms with Gasteiger partial charge in [0, 0.05) is 0 Å². The van der Waals surface area contributed by atoms with E-state index in [1.54, 1.807) is 0 Å². The molecule has 0 unspecified atom stereocenters. The Labute approximate surface area is 70.8 Å². The quantitative estimate of drug-likeness (QED) is 0.630. The Morgan fingerprint density at radius 3 is 1.82 bits per heavy atom. The first-order valence-corrected chi connectivity index (χ1v) is 4.88.